The van der Waals surface area contributed by atoms with Crippen molar-refractivity contribution in [2.75, 3.05) is 18.0 Å². The van der Waals surface area contributed by atoms with Crippen LogP contribution in [0.1, 0.15) is 40.9 Å². The predicted molar refractivity (Wildman–Crippen MR) is 120 cm³/mol. The summed E-state index contributed by atoms with van der Waals surface area (Å²) in [5, 5.41) is 0.880. The molecule has 0 spiro atoms. The van der Waals surface area contributed by atoms with Crippen LogP contribution in [0.2, 0.25) is 0 Å². The van der Waals surface area contributed by atoms with Crippen molar-refractivity contribution in [3.8, 4) is 0 Å². The number of aryl methyl sites for hydroxylation is 1. The number of anilines is 1. The van der Waals surface area contributed by atoms with Crippen molar-refractivity contribution >= 4 is 22.6 Å². The predicted octanol–water partition coefficient (Wildman–Crippen LogP) is 3.99. The van der Waals surface area contributed by atoms with E-state index in [9.17, 15) is 4.79 Å². The Morgan fingerprint density at radius 3 is 2.73 bits per heavy atom. The second-order valence-corrected chi connectivity index (χ2v) is 9.02. The van der Waals surface area contributed by atoms with E-state index in [1.165, 1.54) is 33.8 Å². The van der Waals surface area contributed by atoms with Crippen molar-refractivity contribution in [3.63, 3.8) is 0 Å². The zero-order valence-corrected chi connectivity index (χ0v) is 18.1. The van der Waals surface area contributed by atoms with Crippen LogP contribution >= 0.6 is 11.5 Å². The van der Waals surface area contributed by atoms with Gasteiger partial charge in [0.05, 0.1) is 0 Å². The Morgan fingerprint density at radius 1 is 1.10 bits per heavy atom. The average molecular weight is 419 g/mol. The molecule has 5 rings (SSSR count). The second-order valence-electron chi connectivity index (χ2n) is 8.29. The van der Waals surface area contributed by atoms with Crippen molar-refractivity contribution in [1.29, 1.82) is 0 Å². The van der Waals surface area contributed by atoms with Gasteiger partial charge in [-0.25, -0.2) is 4.98 Å². The van der Waals surface area contributed by atoms with Gasteiger partial charge in [-0.15, -0.1) is 0 Å². The first-order valence-electron chi connectivity index (χ1n) is 10.7. The van der Waals surface area contributed by atoms with Crippen molar-refractivity contribution < 1.29 is 4.79 Å². The molecule has 30 heavy (non-hydrogen) atoms. The van der Waals surface area contributed by atoms with E-state index in [-0.39, 0.29) is 11.9 Å². The van der Waals surface area contributed by atoms with Crippen LogP contribution in [0.3, 0.4) is 0 Å². The fourth-order valence-electron chi connectivity index (χ4n) is 4.47. The van der Waals surface area contributed by atoms with Gasteiger partial charge in [-0.3, -0.25) is 4.79 Å². The van der Waals surface area contributed by atoms with E-state index in [2.05, 4.69) is 64.7 Å². The zero-order valence-electron chi connectivity index (χ0n) is 17.3. The fourth-order valence-corrected chi connectivity index (χ4v) is 5.23. The van der Waals surface area contributed by atoms with E-state index >= 15 is 0 Å². The number of amides is 1. The van der Waals surface area contributed by atoms with Gasteiger partial charge in [0.2, 0.25) is 11.0 Å². The summed E-state index contributed by atoms with van der Waals surface area (Å²) in [4.78, 5) is 22.4. The molecule has 1 fully saturated rings. The molecule has 1 aromatic heterocycles. The highest BCUT2D eigenvalue weighted by Crippen LogP contribution is 2.30. The lowest BCUT2D eigenvalue weighted by atomic mass is 9.99. The highest BCUT2D eigenvalue weighted by Gasteiger charge is 2.36. The van der Waals surface area contributed by atoms with E-state index < -0.39 is 0 Å². The maximum absolute atomic E-state index is 13.4. The molecular formula is C24H26N4OS. The number of fused-ring (bicyclic) bond motifs is 1. The summed E-state index contributed by atoms with van der Waals surface area (Å²) in [5.74, 6) is 1.07. The molecule has 1 atom stereocenters. The third-order valence-corrected chi connectivity index (χ3v) is 6.96. The molecule has 3 aromatic rings. The standard InChI is InChI=1S/C24H26N4OS/c1-17-8-10-18(11-9-17)15-22-25-24(30-26-22)28-13-4-7-21(28)23(29)27-14-12-19-5-2-3-6-20(19)16-27/h2-3,5-6,8-11,21H,4,7,12-16H2,1H3/t21-/m1/s1. The molecule has 6 heteroatoms. The number of carbonyl (C=O) groups excluding carboxylic acids is 1. The first-order chi connectivity index (χ1) is 14.7. The van der Waals surface area contributed by atoms with Crippen molar-refractivity contribution in [1.82, 2.24) is 14.3 Å². The SMILES string of the molecule is Cc1ccc(Cc2nsc(N3CCC[C@@H]3C(=O)N3CCc4ccccc4C3)n2)cc1. The molecule has 0 saturated carbocycles. The molecule has 0 unspecified atom stereocenters. The lowest BCUT2D eigenvalue weighted by Crippen LogP contribution is -2.47. The summed E-state index contributed by atoms with van der Waals surface area (Å²) >= 11 is 1.42. The maximum Gasteiger partial charge on any atom is 0.245 e. The van der Waals surface area contributed by atoms with Crippen molar-refractivity contribution in [2.24, 2.45) is 0 Å². The van der Waals surface area contributed by atoms with E-state index in [0.29, 0.717) is 6.54 Å². The Morgan fingerprint density at radius 2 is 1.90 bits per heavy atom. The zero-order chi connectivity index (χ0) is 20.5. The lowest BCUT2D eigenvalue weighted by molar-refractivity contribution is -0.133. The monoisotopic (exact) mass is 418 g/mol. The van der Waals surface area contributed by atoms with Gasteiger partial charge < -0.3 is 9.80 Å². The van der Waals surface area contributed by atoms with Gasteiger partial charge in [0, 0.05) is 37.6 Å². The van der Waals surface area contributed by atoms with E-state index in [4.69, 9.17) is 4.98 Å². The van der Waals surface area contributed by atoms with Gasteiger partial charge in [0.15, 0.2) is 0 Å². The van der Waals surface area contributed by atoms with E-state index in [1.54, 1.807) is 0 Å². The van der Waals surface area contributed by atoms with E-state index in [0.717, 1.165) is 49.7 Å². The Hall–Kier alpha value is -2.73. The summed E-state index contributed by atoms with van der Waals surface area (Å²) < 4.78 is 4.58. The van der Waals surface area contributed by atoms with Crippen LogP contribution in [-0.2, 0) is 24.2 Å². The average Bonchev–Trinajstić information content (AvgIpc) is 3.44. The topological polar surface area (TPSA) is 49.3 Å². The number of benzene rings is 2. The number of hydrogen-bond acceptors (Lipinski definition) is 5. The molecule has 5 nitrogen and oxygen atoms in total. The Kier molecular flexibility index (Phi) is 5.25. The Bertz CT molecular complexity index is 1050. The summed E-state index contributed by atoms with van der Waals surface area (Å²) in [6, 6.07) is 16.8. The number of aromatic nitrogens is 2. The van der Waals surface area contributed by atoms with Crippen LogP contribution in [0, 0.1) is 6.92 Å². The minimum absolute atomic E-state index is 0.115. The van der Waals surface area contributed by atoms with Gasteiger partial charge >= 0.3 is 0 Å². The van der Waals surface area contributed by atoms with E-state index in [1.807, 2.05) is 4.90 Å². The number of rotatable bonds is 4. The van der Waals surface area contributed by atoms with Crippen molar-refractivity contribution in [3.05, 3.63) is 76.6 Å². The fraction of sp³-hybridized carbons (Fsp3) is 0.375. The van der Waals surface area contributed by atoms with Crippen LogP contribution in [0.5, 0.6) is 0 Å². The molecule has 154 valence electrons. The minimum atomic E-state index is -0.115. The molecule has 0 radical (unpaired) electrons. The maximum atomic E-state index is 13.4. The Balaban J connectivity index is 1.29. The van der Waals surface area contributed by atoms with Crippen LogP contribution < -0.4 is 4.90 Å². The Labute approximate surface area is 181 Å². The van der Waals surface area contributed by atoms with Crippen LogP contribution in [0.15, 0.2) is 48.5 Å². The molecule has 2 aliphatic heterocycles. The molecule has 2 aromatic carbocycles. The quantitative estimate of drug-likeness (QED) is 0.643. The number of hydrogen-bond donors (Lipinski definition) is 0. The van der Waals surface area contributed by atoms with Gasteiger partial charge in [0.25, 0.3) is 0 Å². The summed E-state index contributed by atoms with van der Waals surface area (Å²) in [6.07, 6.45) is 3.58. The molecule has 1 saturated heterocycles. The summed E-state index contributed by atoms with van der Waals surface area (Å²) in [6.45, 7) is 4.48. The largest absolute Gasteiger partial charge is 0.336 e. The minimum Gasteiger partial charge on any atom is -0.336 e. The third-order valence-electron chi connectivity index (χ3n) is 6.17. The van der Waals surface area contributed by atoms with Crippen molar-refractivity contribution in [2.45, 2.75) is 45.2 Å². The molecular weight excluding hydrogens is 392 g/mol. The van der Waals surface area contributed by atoms with Gasteiger partial charge in [0.1, 0.15) is 11.9 Å². The van der Waals surface area contributed by atoms with Gasteiger partial charge in [-0.05, 0) is 42.9 Å². The number of nitrogens with zero attached hydrogens (tertiary/aromatic N) is 4. The second kappa shape index (κ2) is 8.19. The highest BCUT2D eigenvalue weighted by molar-refractivity contribution is 7.09. The van der Waals surface area contributed by atoms with Crippen LogP contribution in [-0.4, -0.2) is 39.3 Å². The normalized spacial score (nSPS) is 18.5. The van der Waals surface area contributed by atoms with Gasteiger partial charge in [-0.1, -0.05) is 54.1 Å². The summed E-state index contributed by atoms with van der Waals surface area (Å²) in [7, 11) is 0. The van der Waals surface area contributed by atoms with Gasteiger partial charge in [-0.2, -0.15) is 4.37 Å². The molecule has 0 N–H and O–H groups in total. The molecule has 0 bridgehead atoms. The molecule has 0 aliphatic carbocycles. The highest BCUT2D eigenvalue weighted by atomic mass is 32.1. The first kappa shape index (κ1) is 19.2. The number of carbonyl (C=O) groups is 1. The van der Waals surface area contributed by atoms with Crippen LogP contribution in [0.4, 0.5) is 5.13 Å². The third kappa shape index (κ3) is 3.84. The lowest BCUT2D eigenvalue weighted by Gasteiger charge is -2.33. The smallest absolute Gasteiger partial charge is 0.245 e. The van der Waals surface area contributed by atoms with Crippen LogP contribution in [0.25, 0.3) is 0 Å². The molecule has 2 aliphatic rings. The molecule has 1 amide bonds. The first-order valence-corrected chi connectivity index (χ1v) is 11.4. The summed E-state index contributed by atoms with van der Waals surface area (Å²) in [5.41, 5.74) is 5.11. The molecule has 3 heterocycles.